The molecule has 0 aromatic carbocycles. The fourth-order valence-electron chi connectivity index (χ4n) is 1.78. The van der Waals surface area contributed by atoms with E-state index < -0.39 is 0 Å². The van der Waals surface area contributed by atoms with E-state index in [2.05, 4.69) is 16.8 Å². The molecule has 4 nitrogen and oxygen atoms in total. The van der Waals surface area contributed by atoms with Crippen LogP contribution in [0.4, 0.5) is 11.4 Å². The molecule has 0 aliphatic carbocycles. The van der Waals surface area contributed by atoms with Crippen molar-refractivity contribution < 1.29 is 4.79 Å². The number of fused-ring (bicyclic) bond motifs is 1. The van der Waals surface area contributed by atoms with Crippen molar-refractivity contribution in [1.82, 2.24) is 4.98 Å². The minimum atomic E-state index is -0.00407. The largest absolute Gasteiger partial charge is 0.397 e. The standard InChI is InChI=1S/C12H15N3OS/c1-4-15(3)8-5-6-14-12-9(8)10(13)11(17-12)7(2)16/h5-6H,4,13H2,1-3H3. The highest BCUT2D eigenvalue weighted by Crippen LogP contribution is 2.38. The highest BCUT2D eigenvalue weighted by molar-refractivity contribution is 7.21. The number of nitrogen functional groups attached to an aromatic ring is 1. The van der Waals surface area contributed by atoms with Crippen molar-refractivity contribution in [2.75, 3.05) is 24.2 Å². The Kier molecular flexibility index (Phi) is 3.02. The molecule has 2 aromatic rings. The summed E-state index contributed by atoms with van der Waals surface area (Å²) in [5.74, 6) is -0.00407. The summed E-state index contributed by atoms with van der Waals surface area (Å²) in [6.45, 7) is 4.48. The Bertz CT molecular complexity index is 576. The number of hydrogen-bond donors (Lipinski definition) is 1. The van der Waals surface area contributed by atoms with E-state index in [0.29, 0.717) is 10.6 Å². The Balaban J connectivity index is 2.75. The summed E-state index contributed by atoms with van der Waals surface area (Å²) in [5, 5.41) is 0.895. The Hall–Kier alpha value is -1.62. The number of hydrogen-bond acceptors (Lipinski definition) is 5. The molecule has 17 heavy (non-hydrogen) atoms. The van der Waals surface area contributed by atoms with Crippen LogP contribution in [0.15, 0.2) is 12.3 Å². The van der Waals surface area contributed by atoms with Gasteiger partial charge in [0.25, 0.3) is 0 Å². The van der Waals surface area contributed by atoms with Gasteiger partial charge >= 0.3 is 0 Å². The molecule has 0 saturated heterocycles. The van der Waals surface area contributed by atoms with Crippen LogP contribution < -0.4 is 10.6 Å². The third kappa shape index (κ3) is 1.86. The van der Waals surface area contributed by atoms with Crippen LogP contribution in [0.1, 0.15) is 23.5 Å². The minimum Gasteiger partial charge on any atom is -0.397 e. The summed E-state index contributed by atoms with van der Waals surface area (Å²) < 4.78 is 0. The van der Waals surface area contributed by atoms with Crippen LogP contribution in [-0.4, -0.2) is 24.4 Å². The quantitative estimate of drug-likeness (QED) is 0.849. The molecule has 0 aliphatic rings. The van der Waals surface area contributed by atoms with Crippen LogP contribution in [0.2, 0.25) is 0 Å². The fraction of sp³-hybridized carbons (Fsp3) is 0.333. The third-order valence-electron chi connectivity index (χ3n) is 2.81. The Labute approximate surface area is 104 Å². The zero-order chi connectivity index (χ0) is 12.6. The maximum Gasteiger partial charge on any atom is 0.171 e. The zero-order valence-corrected chi connectivity index (χ0v) is 11.0. The molecule has 0 bridgehead atoms. The normalized spacial score (nSPS) is 10.8. The highest BCUT2D eigenvalue weighted by atomic mass is 32.1. The molecule has 2 rings (SSSR count). The average molecular weight is 249 g/mol. The molecule has 0 radical (unpaired) electrons. The van der Waals surface area contributed by atoms with Crippen LogP contribution >= 0.6 is 11.3 Å². The van der Waals surface area contributed by atoms with Crippen molar-refractivity contribution in [2.45, 2.75) is 13.8 Å². The lowest BCUT2D eigenvalue weighted by Gasteiger charge is -2.17. The topological polar surface area (TPSA) is 59.2 Å². The lowest BCUT2D eigenvalue weighted by molar-refractivity contribution is 0.102. The second kappa shape index (κ2) is 4.33. The van der Waals surface area contributed by atoms with Crippen molar-refractivity contribution in [3.05, 3.63) is 17.1 Å². The SMILES string of the molecule is CCN(C)c1ccnc2sc(C(C)=O)c(N)c12. The van der Waals surface area contributed by atoms with Gasteiger partial charge in [-0.05, 0) is 13.0 Å². The van der Waals surface area contributed by atoms with Crippen molar-refractivity contribution >= 4 is 38.7 Å². The van der Waals surface area contributed by atoms with E-state index in [0.717, 1.165) is 22.4 Å². The molecule has 0 atom stereocenters. The van der Waals surface area contributed by atoms with Crippen LogP contribution in [-0.2, 0) is 0 Å². The van der Waals surface area contributed by atoms with Crippen LogP contribution in [0, 0.1) is 0 Å². The molecule has 5 heteroatoms. The van der Waals surface area contributed by atoms with Crippen molar-refractivity contribution in [2.24, 2.45) is 0 Å². The van der Waals surface area contributed by atoms with E-state index in [1.807, 2.05) is 13.1 Å². The van der Waals surface area contributed by atoms with Gasteiger partial charge < -0.3 is 10.6 Å². The number of thiophene rings is 1. The van der Waals surface area contributed by atoms with Gasteiger partial charge in [-0.3, -0.25) is 4.79 Å². The number of aromatic nitrogens is 1. The smallest absolute Gasteiger partial charge is 0.171 e. The Morgan fingerprint density at radius 2 is 2.29 bits per heavy atom. The second-order valence-corrected chi connectivity index (χ2v) is 4.92. The summed E-state index contributed by atoms with van der Waals surface area (Å²) in [5.41, 5.74) is 7.64. The van der Waals surface area contributed by atoms with Gasteiger partial charge in [0.2, 0.25) is 0 Å². The van der Waals surface area contributed by atoms with Crippen molar-refractivity contribution in [1.29, 1.82) is 0 Å². The number of nitrogens with zero attached hydrogens (tertiary/aromatic N) is 2. The average Bonchev–Trinajstić information content (AvgIpc) is 2.66. The van der Waals surface area contributed by atoms with Crippen LogP contribution in [0.25, 0.3) is 10.2 Å². The summed E-state index contributed by atoms with van der Waals surface area (Å²) in [7, 11) is 2.00. The first-order chi connectivity index (χ1) is 8.06. The van der Waals surface area contributed by atoms with Gasteiger partial charge in [-0.2, -0.15) is 0 Å². The predicted octanol–water partition coefficient (Wildman–Crippen LogP) is 2.54. The van der Waals surface area contributed by atoms with Gasteiger partial charge in [-0.1, -0.05) is 0 Å². The van der Waals surface area contributed by atoms with Gasteiger partial charge in [-0.15, -0.1) is 11.3 Å². The lowest BCUT2D eigenvalue weighted by Crippen LogP contribution is -2.16. The van der Waals surface area contributed by atoms with E-state index >= 15 is 0 Å². The third-order valence-corrected chi connectivity index (χ3v) is 4.03. The number of carbonyl (C=O) groups is 1. The molecule has 0 saturated carbocycles. The molecule has 2 heterocycles. The van der Waals surface area contributed by atoms with Gasteiger partial charge in [-0.25, -0.2) is 4.98 Å². The van der Waals surface area contributed by atoms with Crippen molar-refractivity contribution in [3.8, 4) is 0 Å². The van der Waals surface area contributed by atoms with E-state index in [1.165, 1.54) is 18.3 Å². The summed E-state index contributed by atoms with van der Waals surface area (Å²) in [6, 6.07) is 1.93. The number of anilines is 2. The van der Waals surface area contributed by atoms with Gasteiger partial charge in [0.15, 0.2) is 5.78 Å². The van der Waals surface area contributed by atoms with Gasteiger partial charge in [0, 0.05) is 26.7 Å². The number of carbonyl (C=O) groups excluding carboxylic acids is 1. The summed E-state index contributed by atoms with van der Waals surface area (Å²) in [4.78, 5) is 19.3. The van der Waals surface area contributed by atoms with Crippen LogP contribution in [0.5, 0.6) is 0 Å². The van der Waals surface area contributed by atoms with Gasteiger partial charge in [0.1, 0.15) is 4.83 Å². The number of rotatable bonds is 3. The number of Topliss-reactive ketones (excluding diaryl/α,β-unsaturated/α-hetero) is 1. The second-order valence-electron chi connectivity index (χ2n) is 3.93. The molecular formula is C12H15N3OS. The first-order valence-corrected chi connectivity index (χ1v) is 6.27. The first-order valence-electron chi connectivity index (χ1n) is 5.45. The molecule has 0 aliphatic heterocycles. The molecule has 0 spiro atoms. The van der Waals surface area contributed by atoms with Gasteiger partial charge in [0.05, 0.1) is 21.6 Å². The molecule has 90 valence electrons. The van der Waals surface area contributed by atoms with Crippen LogP contribution in [0.3, 0.4) is 0 Å². The molecule has 2 aromatic heterocycles. The maximum absolute atomic E-state index is 11.5. The first kappa shape index (κ1) is 11.9. The Morgan fingerprint density at radius 1 is 1.59 bits per heavy atom. The molecule has 0 unspecified atom stereocenters. The van der Waals surface area contributed by atoms with E-state index in [9.17, 15) is 4.79 Å². The van der Waals surface area contributed by atoms with Crippen molar-refractivity contribution in [3.63, 3.8) is 0 Å². The molecular weight excluding hydrogens is 234 g/mol. The number of ketones is 1. The Morgan fingerprint density at radius 3 is 2.88 bits per heavy atom. The van der Waals surface area contributed by atoms with E-state index in [4.69, 9.17) is 5.73 Å². The monoisotopic (exact) mass is 249 g/mol. The van der Waals surface area contributed by atoms with E-state index in [1.54, 1.807) is 6.20 Å². The zero-order valence-electron chi connectivity index (χ0n) is 10.2. The molecule has 2 N–H and O–H groups in total. The predicted molar refractivity (Wildman–Crippen MR) is 73.0 cm³/mol. The van der Waals surface area contributed by atoms with E-state index in [-0.39, 0.29) is 5.78 Å². The molecule has 0 amide bonds. The maximum atomic E-state index is 11.5. The number of nitrogens with two attached hydrogens (primary N) is 1. The summed E-state index contributed by atoms with van der Waals surface area (Å²) >= 11 is 1.36. The molecule has 0 fully saturated rings. The highest BCUT2D eigenvalue weighted by Gasteiger charge is 2.17. The lowest BCUT2D eigenvalue weighted by atomic mass is 10.2. The summed E-state index contributed by atoms with van der Waals surface area (Å²) in [6.07, 6.45) is 1.75. The number of pyridine rings is 1. The fourth-order valence-corrected chi connectivity index (χ4v) is 2.76. The minimum absolute atomic E-state index is 0.00407.